The van der Waals surface area contributed by atoms with Crippen molar-refractivity contribution in [3.63, 3.8) is 0 Å². The lowest BCUT2D eigenvalue weighted by Gasteiger charge is -2.26. The Morgan fingerprint density at radius 1 is 1.02 bits per heavy atom. The largest absolute Gasteiger partial charge is 0.497 e. The first-order valence-corrected chi connectivity index (χ1v) is 16.6. The van der Waals surface area contributed by atoms with E-state index in [4.69, 9.17) is 40.3 Å². The van der Waals surface area contributed by atoms with Crippen molar-refractivity contribution in [3.05, 3.63) is 125 Å². The van der Waals surface area contributed by atoms with Crippen LogP contribution in [0.15, 0.2) is 88.3 Å². The van der Waals surface area contributed by atoms with E-state index < -0.39 is 12.0 Å². The minimum atomic E-state index is -0.848. The number of rotatable bonds is 13. The predicted octanol–water partition coefficient (Wildman–Crippen LogP) is 6.18. The van der Waals surface area contributed by atoms with Crippen molar-refractivity contribution >= 4 is 35.0 Å². The van der Waals surface area contributed by atoms with Gasteiger partial charge in [-0.2, -0.15) is 0 Å². The van der Waals surface area contributed by atoms with E-state index in [1.165, 1.54) is 23.0 Å². The number of hydrogen-bond donors (Lipinski definition) is 0. The third kappa shape index (κ3) is 7.05. The maximum absolute atomic E-state index is 14.3. The number of benzene rings is 3. The first-order valence-electron chi connectivity index (χ1n) is 15.4. The molecule has 5 rings (SSSR count). The molecule has 0 saturated heterocycles. The fourth-order valence-electron chi connectivity index (χ4n) is 5.55. The molecular formula is C37H37ClN2O7S. The molecule has 0 saturated carbocycles. The van der Waals surface area contributed by atoms with Gasteiger partial charge in [0.15, 0.2) is 16.3 Å². The maximum Gasteiger partial charge on any atom is 0.338 e. The van der Waals surface area contributed by atoms with Gasteiger partial charge in [-0.15, -0.1) is 6.58 Å². The number of methoxy groups -OCH3 is 2. The summed E-state index contributed by atoms with van der Waals surface area (Å²) in [6.07, 6.45) is 4.08. The van der Waals surface area contributed by atoms with Crippen molar-refractivity contribution < 1.29 is 28.5 Å². The second-order valence-electron chi connectivity index (χ2n) is 10.7. The van der Waals surface area contributed by atoms with Crippen LogP contribution in [0.3, 0.4) is 0 Å². The number of thiazole rings is 1. The molecule has 0 bridgehead atoms. The molecule has 0 amide bonds. The van der Waals surface area contributed by atoms with E-state index in [-0.39, 0.29) is 24.3 Å². The molecule has 250 valence electrons. The Morgan fingerprint density at radius 3 is 2.50 bits per heavy atom. The van der Waals surface area contributed by atoms with E-state index in [1.807, 2.05) is 43.3 Å². The number of aromatic nitrogens is 1. The number of halogens is 1. The average Bonchev–Trinajstić information content (AvgIpc) is 3.38. The number of ether oxygens (including phenoxy) is 5. The molecule has 0 N–H and O–H groups in total. The smallest absolute Gasteiger partial charge is 0.338 e. The maximum atomic E-state index is 14.3. The Balaban J connectivity index is 1.66. The van der Waals surface area contributed by atoms with Crippen molar-refractivity contribution in [2.75, 3.05) is 27.4 Å². The standard InChI is InChI=1S/C37H37ClN2O7S/c1-7-12-24-17-23(18-30(45-8-2)34(24)47-21-25-13-10-11-14-28(25)38)19-31-35(41)40-33(27-16-15-26(43-5)20-29(27)44-6)32(36(42)46-9-3)22(4)39-37(40)48-31/h7,10-11,13-20,33H,1,8-9,12,21H2,2-6H3/b31-19+/t33-/m1/s1. The van der Waals surface area contributed by atoms with Gasteiger partial charge in [0.05, 0.1) is 43.2 Å². The zero-order valence-corrected chi connectivity index (χ0v) is 29.1. The van der Waals surface area contributed by atoms with Crippen LogP contribution in [0.1, 0.15) is 49.1 Å². The van der Waals surface area contributed by atoms with Gasteiger partial charge in [0.2, 0.25) is 0 Å². The van der Waals surface area contributed by atoms with Crippen LogP contribution in [0, 0.1) is 0 Å². The molecule has 1 aromatic heterocycles. The van der Waals surface area contributed by atoms with Gasteiger partial charge in [0.25, 0.3) is 5.56 Å². The molecule has 0 unspecified atom stereocenters. The van der Waals surface area contributed by atoms with Crippen molar-refractivity contribution in [2.45, 2.75) is 39.8 Å². The van der Waals surface area contributed by atoms with Crippen molar-refractivity contribution in [2.24, 2.45) is 4.99 Å². The van der Waals surface area contributed by atoms with Gasteiger partial charge >= 0.3 is 5.97 Å². The van der Waals surface area contributed by atoms with E-state index >= 15 is 0 Å². The second kappa shape index (κ2) is 15.4. The molecule has 4 aromatic rings. The average molecular weight is 689 g/mol. The molecular weight excluding hydrogens is 652 g/mol. The lowest BCUT2D eigenvalue weighted by molar-refractivity contribution is -0.139. The van der Waals surface area contributed by atoms with E-state index in [9.17, 15) is 9.59 Å². The zero-order chi connectivity index (χ0) is 34.4. The fourth-order valence-corrected chi connectivity index (χ4v) is 6.78. The lowest BCUT2D eigenvalue weighted by atomic mass is 9.95. The van der Waals surface area contributed by atoms with Gasteiger partial charge < -0.3 is 23.7 Å². The number of carbonyl (C=O) groups is 1. The summed E-state index contributed by atoms with van der Waals surface area (Å²) in [5.74, 6) is 1.58. The molecule has 0 radical (unpaired) electrons. The fraction of sp³-hybridized carbons (Fsp3) is 0.270. The van der Waals surface area contributed by atoms with Crippen LogP contribution in [-0.2, 0) is 22.6 Å². The number of hydrogen-bond acceptors (Lipinski definition) is 9. The monoisotopic (exact) mass is 688 g/mol. The summed E-state index contributed by atoms with van der Waals surface area (Å²) in [7, 11) is 3.09. The number of carbonyl (C=O) groups excluding carboxylic acids is 1. The molecule has 3 aromatic carbocycles. The quantitative estimate of drug-likeness (QED) is 0.122. The first kappa shape index (κ1) is 34.5. The van der Waals surface area contributed by atoms with Crippen molar-refractivity contribution in [1.29, 1.82) is 0 Å². The van der Waals surface area contributed by atoms with Crippen LogP contribution >= 0.6 is 22.9 Å². The van der Waals surface area contributed by atoms with E-state index in [0.29, 0.717) is 61.6 Å². The van der Waals surface area contributed by atoms with E-state index in [2.05, 4.69) is 6.58 Å². The van der Waals surface area contributed by atoms with Gasteiger partial charge in [-0.1, -0.05) is 47.2 Å². The summed E-state index contributed by atoms with van der Waals surface area (Å²) in [6, 6.07) is 15.7. The molecule has 11 heteroatoms. The summed E-state index contributed by atoms with van der Waals surface area (Å²) in [5, 5.41) is 0.611. The van der Waals surface area contributed by atoms with Crippen LogP contribution < -0.4 is 33.8 Å². The lowest BCUT2D eigenvalue weighted by Crippen LogP contribution is -2.40. The molecule has 0 spiro atoms. The highest BCUT2D eigenvalue weighted by Crippen LogP contribution is 2.38. The third-order valence-corrected chi connectivity index (χ3v) is 9.05. The highest BCUT2D eigenvalue weighted by Gasteiger charge is 2.35. The first-order chi connectivity index (χ1) is 23.2. The zero-order valence-electron chi connectivity index (χ0n) is 27.5. The Morgan fingerprint density at radius 2 is 1.81 bits per heavy atom. The second-order valence-corrected chi connectivity index (χ2v) is 12.1. The molecule has 0 fully saturated rings. The number of esters is 1. The Hall–Kier alpha value is -4.80. The predicted molar refractivity (Wildman–Crippen MR) is 187 cm³/mol. The number of allylic oxidation sites excluding steroid dienone is 2. The molecule has 1 aliphatic heterocycles. The molecule has 9 nitrogen and oxygen atoms in total. The Labute approximate surface area is 288 Å². The number of nitrogens with zero attached hydrogens (tertiary/aromatic N) is 2. The van der Waals surface area contributed by atoms with Crippen LogP contribution in [0.4, 0.5) is 0 Å². The minimum absolute atomic E-state index is 0.166. The summed E-state index contributed by atoms with van der Waals surface area (Å²) in [4.78, 5) is 32.8. The van der Waals surface area contributed by atoms with Crippen LogP contribution in [-0.4, -0.2) is 38.0 Å². The SMILES string of the molecule is C=CCc1cc(/C=c2/sc3n(c2=O)[C@H](c2ccc(OC)cc2OC)C(C(=O)OCC)=C(C)N=3)cc(OCC)c1OCc1ccccc1Cl. The van der Waals surface area contributed by atoms with E-state index in [1.54, 1.807) is 51.3 Å². The minimum Gasteiger partial charge on any atom is -0.497 e. The van der Waals surface area contributed by atoms with Gasteiger partial charge in [-0.05, 0) is 69.2 Å². The van der Waals surface area contributed by atoms with Gasteiger partial charge in [0, 0.05) is 27.8 Å². The third-order valence-electron chi connectivity index (χ3n) is 7.70. The summed E-state index contributed by atoms with van der Waals surface area (Å²) >= 11 is 7.61. The van der Waals surface area contributed by atoms with Crippen molar-refractivity contribution in [3.8, 4) is 23.0 Å². The summed E-state index contributed by atoms with van der Waals surface area (Å²) in [5.41, 5.74) is 3.39. The topological polar surface area (TPSA) is 97.6 Å². The molecule has 1 atom stereocenters. The van der Waals surface area contributed by atoms with Crippen molar-refractivity contribution in [1.82, 2.24) is 4.57 Å². The summed E-state index contributed by atoms with van der Waals surface area (Å²) in [6.45, 7) is 10.1. The molecule has 1 aliphatic rings. The molecule has 0 aliphatic carbocycles. The summed E-state index contributed by atoms with van der Waals surface area (Å²) < 4.78 is 30.8. The Kier molecular flexibility index (Phi) is 11.1. The molecule has 2 heterocycles. The van der Waals surface area contributed by atoms with Gasteiger partial charge in [0.1, 0.15) is 24.1 Å². The highest BCUT2D eigenvalue weighted by atomic mass is 35.5. The Bertz CT molecular complexity index is 2060. The van der Waals surface area contributed by atoms with Crippen LogP contribution in [0.25, 0.3) is 6.08 Å². The van der Waals surface area contributed by atoms with Crippen LogP contribution in [0.5, 0.6) is 23.0 Å². The highest BCUT2D eigenvalue weighted by molar-refractivity contribution is 7.07. The van der Waals surface area contributed by atoms with Gasteiger partial charge in [-0.25, -0.2) is 9.79 Å². The number of fused-ring (bicyclic) bond motifs is 1. The molecule has 48 heavy (non-hydrogen) atoms. The van der Waals surface area contributed by atoms with E-state index in [0.717, 1.165) is 16.7 Å². The van der Waals surface area contributed by atoms with Gasteiger partial charge in [-0.3, -0.25) is 9.36 Å². The van der Waals surface area contributed by atoms with Crippen LogP contribution in [0.2, 0.25) is 5.02 Å². The normalized spacial score (nSPS) is 14.2.